The number of hydrogen-bond donors (Lipinski definition) is 2. The van der Waals surface area contributed by atoms with Crippen LogP contribution in [0.2, 0.25) is 0 Å². The number of fused-ring (bicyclic) bond motifs is 1. The van der Waals surface area contributed by atoms with Crippen LogP contribution < -0.4 is 11.1 Å². The first-order valence-electron chi connectivity index (χ1n) is 6.91. The van der Waals surface area contributed by atoms with Crippen molar-refractivity contribution in [2.24, 2.45) is 10.7 Å². The maximum absolute atomic E-state index is 5.97. The quantitative estimate of drug-likeness (QED) is 0.457. The first-order valence-corrected chi connectivity index (χ1v) is 8.20. The van der Waals surface area contributed by atoms with Gasteiger partial charge in [0.05, 0.1) is 6.54 Å². The monoisotopic (exact) mass is 405 g/mol. The molecule has 20 heavy (non-hydrogen) atoms. The Morgan fingerprint density at radius 1 is 1.40 bits per heavy atom. The van der Waals surface area contributed by atoms with Crippen molar-refractivity contribution < 1.29 is 0 Å². The van der Waals surface area contributed by atoms with E-state index in [0.717, 1.165) is 18.7 Å². The normalized spacial score (nSPS) is 16.0. The van der Waals surface area contributed by atoms with Gasteiger partial charge < -0.3 is 11.1 Å². The molecule has 3 N–H and O–H groups in total. The van der Waals surface area contributed by atoms with Crippen molar-refractivity contribution in [1.82, 2.24) is 0 Å². The molecule has 1 aromatic carbocycles. The second-order valence-electron chi connectivity index (χ2n) is 5.05. The maximum Gasteiger partial charge on any atom is 0.193 e. The van der Waals surface area contributed by atoms with Crippen molar-refractivity contribution >= 4 is 47.4 Å². The number of guanidine groups is 1. The molecule has 0 bridgehead atoms. The topological polar surface area (TPSA) is 50.4 Å². The molecular weight excluding hydrogens is 381 g/mol. The van der Waals surface area contributed by atoms with E-state index >= 15 is 0 Å². The number of hydrogen-bond acceptors (Lipinski definition) is 2. The van der Waals surface area contributed by atoms with E-state index in [2.05, 4.69) is 41.7 Å². The fourth-order valence-corrected chi connectivity index (χ4v) is 2.60. The molecule has 0 amide bonds. The molecule has 0 saturated heterocycles. The zero-order valence-electron chi connectivity index (χ0n) is 12.2. The van der Waals surface area contributed by atoms with Crippen molar-refractivity contribution in [3.05, 3.63) is 29.3 Å². The van der Waals surface area contributed by atoms with E-state index in [1.165, 1.54) is 30.4 Å². The van der Waals surface area contributed by atoms with Gasteiger partial charge in [0.25, 0.3) is 0 Å². The van der Waals surface area contributed by atoms with E-state index in [1.54, 1.807) is 11.8 Å². The number of nitrogens with zero attached hydrogens (tertiary/aromatic N) is 1. The van der Waals surface area contributed by atoms with Crippen LogP contribution in [0.25, 0.3) is 0 Å². The van der Waals surface area contributed by atoms with Crippen molar-refractivity contribution in [1.29, 1.82) is 0 Å². The molecule has 112 valence electrons. The Morgan fingerprint density at radius 2 is 2.15 bits per heavy atom. The van der Waals surface area contributed by atoms with Crippen LogP contribution in [0, 0.1) is 0 Å². The maximum atomic E-state index is 5.97. The van der Waals surface area contributed by atoms with Crippen LogP contribution in [-0.4, -0.2) is 24.0 Å². The summed E-state index contributed by atoms with van der Waals surface area (Å²) in [5.74, 6) is 0.528. The minimum Gasteiger partial charge on any atom is -0.370 e. The highest BCUT2D eigenvalue weighted by Gasteiger charge is 2.13. The number of anilines is 1. The highest BCUT2D eigenvalue weighted by molar-refractivity contribution is 14.0. The largest absolute Gasteiger partial charge is 0.370 e. The lowest BCUT2D eigenvalue weighted by atomic mass is 9.90. The van der Waals surface area contributed by atoms with Gasteiger partial charge in [-0.3, -0.25) is 4.99 Å². The van der Waals surface area contributed by atoms with E-state index in [-0.39, 0.29) is 24.0 Å². The zero-order valence-corrected chi connectivity index (χ0v) is 15.3. The van der Waals surface area contributed by atoms with Gasteiger partial charge in [0.1, 0.15) is 0 Å². The predicted octanol–water partition coefficient (Wildman–Crippen LogP) is 3.66. The summed E-state index contributed by atoms with van der Waals surface area (Å²) in [6.07, 6.45) is 6.99. The predicted molar refractivity (Wildman–Crippen MR) is 102 cm³/mol. The number of rotatable bonds is 4. The summed E-state index contributed by atoms with van der Waals surface area (Å²) in [5.41, 5.74) is 9.99. The molecule has 0 saturated carbocycles. The van der Waals surface area contributed by atoms with Crippen molar-refractivity contribution in [3.63, 3.8) is 0 Å². The number of benzene rings is 1. The van der Waals surface area contributed by atoms with Crippen LogP contribution in [0.5, 0.6) is 0 Å². The fourth-order valence-electron chi connectivity index (χ4n) is 2.38. The Balaban J connectivity index is 0.00000200. The van der Waals surface area contributed by atoms with Crippen LogP contribution in [0.4, 0.5) is 5.69 Å². The number of aliphatic imine (C=N–C) groups is 1. The summed E-state index contributed by atoms with van der Waals surface area (Å²) >= 11 is 1.81. The second-order valence-corrected chi connectivity index (χ2v) is 6.32. The number of halogens is 1. The minimum absolute atomic E-state index is 0. The third kappa shape index (κ3) is 4.84. The van der Waals surface area contributed by atoms with E-state index < -0.39 is 0 Å². The summed E-state index contributed by atoms with van der Waals surface area (Å²) in [7, 11) is 0. The van der Waals surface area contributed by atoms with Gasteiger partial charge in [-0.15, -0.1) is 24.0 Å². The highest BCUT2D eigenvalue weighted by Crippen LogP contribution is 2.27. The summed E-state index contributed by atoms with van der Waals surface area (Å²) in [5, 5.41) is 3.77. The third-order valence-corrected chi connectivity index (χ3v) is 4.53. The Bertz CT molecular complexity index is 462. The molecule has 1 aliphatic rings. The van der Waals surface area contributed by atoms with Gasteiger partial charge in [-0.05, 0) is 49.1 Å². The van der Waals surface area contributed by atoms with E-state index in [1.807, 2.05) is 0 Å². The highest BCUT2D eigenvalue weighted by atomic mass is 127. The molecule has 1 aromatic rings. The molecule has 0 spiro atoms. The van der Waals surface area contributed by atoms with Crippen LogP contribution in [0.1, 0.15) is 30.9 Å². The molecule has 0 heterocycles. The molecule has 1 unspecified atom stereocenters. The Kier molecular flexibility index (Phi) is 7.72. The lowest BCUT2D eigenvalue weighted by molar-refractivity contribution is 0.687. The number of thioether (sulfide) groups is 1. The van der Waals surface area contributed by atoms with Gasteiger partial charge in [0, 0.05) is 10.9 Å². The molecule has 5 heteroatoms. The van der Waals surface area contributed by atoms with Gasteiger partial charge >= 0.3 is 0 Å². The summed E-state index contributed by atoms with van der Waals surface area (Å²) in [4.78, 5) is 4.40. The van der Waals surface area contributed by atoms with Gasteiger partial charge in [-0.2, -0.15) is 11.8 Å². The second kappa shape index (κ2) is 8.77. The molecule has 0 aromatic heterocycles. The first kappa shape index (κ1) is 17.6. The molecule has 0 radical (unpaired) electrons. The van der Waals surface area contributed by atoms with Crippen LogP contribution >= 0.6 is 35.7 Å². The Morgan fingerprint density at radius 3 is 2.90 bits per heavy atom. The summed E-state index contributed by atoms with van der Waals surface area (Å²) < 4.78 is 0. The van der Waals surface area contributed by atoms with Crippen molar-refractivity contribution in [2.75, 3.05) is 18.1 Å². The van der Waals surface area contributed by atoms with E-state index in [0.29, 0.717) is 11.2 Å². The van der Waals surface area contributed by atoms with Gasteiger partial charge in [0.2, 0.25) is 0 Å². The Labute approximate surface area is 143 Å². The van der Waals surface area contributed by atoms with Crippen LogP contribution in [0.3, 0.4) is 0 Å². The molecular formula is C15H24IN3S. The van der Waals surface area contributed by atoms with Crippen LogP contribution in [0.15, 0.2) is 23.2 Å². The average molecular weight is 405 g/mol. The zero-order chi connectivity index (χ0) is 13.7. The smallest absolute Gasteiger partial charge is 0.193 e. The fraction of sp³-hybridized carbons (Fsp3) is 0.533. The minimum atomic E-state index is 0. The van der Waals surface area contributed by atoms with E-state index in [4.69, 9.17) is 5.73 Å². The SMILES string of the molecule is CSC(C)CN=C(N)Nc1cccc2c1CCCC2.I. The molecule has 0 fully saturated rings. The standard InChI is InChI=1S/C15H23N3S.HI/c1-11(19-2)10-17-15(16)18-14-9-5-7-12-6-3-4-8-13(12)14;/h5,7,9,11H,3-4,6,8,10H2,1-2H3,(H3,16,17,18);1H. The Hall–Kier alpha value is -0.430. The summed E-state index contributed by atoms with van der Waals surface area (Å²) in [6.45, 7) is 2.92. The van der Waals surface area contributed by atoms with Gasteiger partial charge in [-0.1, -0.05) is 19.1 Å². The molecule has 2 rings (SSSR count). The van der Waals surface area contributed by atoms with E-state index in [9.17, 15) is 0 Å². The number of aryl methyl sites for hydroxylation is 1. The van der Waals surface area contributed by atoms with Crippen molar-refractivity contribution in [2.45, 2.75) is 37.9 Å². The lowest BCUT2D eigenvalue weighted by Crippen LogP contribution is -2.25. The van der Waals surface area contributed by atoms with Gasteiger partial charge in [-0.25, -0.2) is 0 Å². The lowest BCUT2D eigenvalue weighted by Gasteiger charge is -2.20. The van der Waals surface area contributed by atoms with Crippen LogP contribution in [-0.2, 0) is 12.8 Å². The third-order valence-electron chi connectivity index (χ3n) is 3.58. The summed E-state index contributed by atoms with van der Waals surface area (Å²) in [6, 6.07) is 6.43. The first-order chi connectivity index (χ1) is 9.20. The average Bonchev–Trinajstić information content (AvgIpc) is 2.45. The molecule has 3 nitrogen and oxygen atoms in total. The molecule has 1 atom stereocenters. The van der Waals surface area contributed by atoms with Crippen molar-refractivity contribution in [3.8, 4) is 0 Å². The molecule has 1 aliphatic carbocycles. The number of nitrogens with two attached hydrogens (primary N) is 1. The number of nitrogens with one attached hydrogen (secondary N) is 1. The molecule has 0 aliphatic heterocycles. The van der Waals surface area contributed by atoms with Gasteiger partial charge in [0.15, 0.2) is 5.96 Å².